The Morgan fingerprint density at radius 3 is 1.18 bits per heavy atom. The lowest BCUT2D eigenvalue weighted by atomic mass is 10.0. The number of nitrogens with zero attached hydrogens (tertiary/aromatic N) is 1. The summed E-state index contributed by atoms with van der Waals surface area (Å²) >= 11 is 0. The van der Waals surface area contributed by atoms with Crippen molar-refractivity contribution in [3.05, 3.63) is 0 Å². The molecule has 0 aromatic carbocycles. The monoisotopic (exact) mass is 412 g/mol. The Morgan fingerprint density at radius 2 is 0.821 bits per heavy atom. The molecule has 0 aliphatic carbocycles. The first-order chi connectivity index (χ1) is 13.4. The van der Waals surface area contributed by atoms with Gasteiger partial charge in [0.15, 0.2) is 0 Å². The molecule has 0 fully saturated rings. The molecule has 0 bridgehead atoms. The van der Waals surface area contributed by atoms with E-state index in [4.69, 9.17) is 0 Å². The molecule has 0 aliphatic rings. The van der Waals surface area contributed by atoms with E-state index in [2.05, 4.69) is 40.4 Å². The lowest BCUT2D eigenvalue weighted by molar-refractivity contribution is -0.925. The van der Waals surface area contributed by atoms with Crippen molar-refractivity contribution in [2.24, 2.45) is 0 Å². The van der Waals surface area contributed by atoms with E-state index in [9.17, 15) is 0 Å². The van der Waals surface area contributed by atoms with Gasteiger partial charge in [-0.3, -0.25) is 0 Å². The molecule has 0 saturated heterocycles. The van der Waals surface area contributed by atoms with E-state index in [1.807, 2.05) is 0 Å². The van der Waals surface area contributed by atoms with Crippen LogP contribution in [0.3, 0.4) is 0 Å². The molecule has 1 nitrogen and oxygen atoms in total. The second-order valence-corrected chi connectivity index (χ2v) is 16.3. The maximum atomic E-state index is 2.52. The van der Waals surface area contributed by atoms with E-state index in [-0.39, 0.29) is 0 Å². The quantitative estimate of drug-likeness (QED) is 0.100. The summed E-state index contributed by atoms with van der Waals surface area (Å²) in [5.74, 6) is 0. The molecule has 0 aliphatic heterocycles. The lowest BCUT2D eigenvalue weighted by Crippen LogP contribution is -2.49. The van der Waals surface area contributed by atoms with Gasteiger partial charge in [-0.25, -0.2) is 0 Å². The average Bonchev–Trinajstić information content (AvgIpc) is 2.66. The molecule has 0 spiro atoms. The Labute approximate surface area is 181 Å². The van der Waals surface area contributed by atoms with E-state index in [1.54, 1.807) is 0 Å². The van der Waals surface area contributed by atoms with Crippen molar-refractivity contribution in [1.82, 2.24) is 0 Å². The minimum absolute atomic E-state index is 0.866. The SMILES string of the molecule is CCCCCCCCCCCCCCCC[N+](CC)(CC)CCC[Si](C)(C)C. The molecule has 0 saturated carbocycles. The maximum Gasteiger partial charge on any atom is 0.0786 e. The van der Waals surface area contributed by atoms with Crippen molar-refractivity contribution >= 4 is 8.07 Å². The summed E-state index contributed by atoms with van der Waals surface area (Å²) in [6.45, 7) is 20.2. The van der Waals surface area contributed by atoms with Crippen LogP contribution < -0.4 is 0 Å². The van der Waals surface area contributed by atoms with Crippen LogP contribution in [0.25, 0.3) is 0 Å². The Morgan fingerprint density at radius 1 is 0.464 bits per heavy atom. The van der Waals surface area contributed by atoms with Crippen LogP contribution in [-0.4, -0.2) is 38.7 Å². The third-order valence-corrected chi connectivity index (χ3v) is 8.74. The number of quaternary nitrogens is 1. The van der Waals surface area contributed by atoms with Gasteiger partial charge in [0.1, 0.15) is 0 Å². The highest BCUT2D eigenvalue weighted by Gasteiger charge is 2.23. The zero-order valence-electron chi connectivity index (χ0n) is 21.1. The summed E-state index contributed by atoms with van der Waals surface area (Å²) < 4.78 is 1.38. The normalized spacial score (nSPS) is 12.6. The molecule has 0 amide bonds. The molecule has 0 unspecified atom stereocenters. The van der Waals surface area contributed by atoms with Gasteiger partial charge in [0, 0.05) is 8.07 Å². The largest absolute Gasteiger partial charge is 0.324 e. The van der Waals surface area contributed by atoms with Crippen LogP contribution in [0, 0.1) is 0 Å². The number of hydrogen-bond donors (Lipinski definition) is 0. The van der Waals surface area contributed by atoms with E-state index in [0.717, 1.165) is 0 Å². The highest BCUT2D eigenvalue weighted by atomic mass is 28.3. The summed E-state index contributed by atoms with van der Waals surface area (Å²) in [6.07, 6.45) is 22.0. The van der Waals surface area contributed by atoms with E-state index in [1.165, 1.54) is 133 Å². The molecule has 170 valence electrons. The topological polar surface area (TPSA) is 0 Å². The highest BCUT2D eigenvalue weighted by molar-refractivity contribution is 6.76. The molecular formula is C26H58NSi+. The molecule has 0 aromatic rings. The first kappa shape index (κ1) is 28.2. The van der Waals surface area contributed by atoms with Crippen LogP contribution in [0.4, 0.5) is 0 Å². The summed E-state index contributed by atoms with van der Waals surface area (Å²) in [5.41, 5.74) is 0. The van der Waals surface area contributed by atoms with Gasteiger partial charge in [0.2, 0.25) is 0 Å². The van der Waals surface area contributed by atoms with Crippen molar-refractivity contribution in [2.75, 3.05) is 26.2 Å². The van der Waals surface area contributed by atoms with Gasteiger partial charge in [0.05, 0.1) is 26.2 Å². The highest BCUT2D eigenvalue weighted by Crippen LogP contribution is 2.18. The van der Waals surface area contributed by atoms with Gasteiger partial charge in [-0.05, 0) is 33.1 Å². The molecule has 2 heteroatoms. The van der Waals surface area contributed by atoms with Crippen LogP contribution in [-0.2, 0) is 0 Å². The van der Waals surface area contributed by atoms with Crippen LogP contribution >= 0.6 is 0 Å². The van der Waals surface area contributed by atoms with Crippen molar-refractivity contribution in [2.45, 2.75) is 143 Å². The molecule has 0 radical (unpaired) electrons. The Hall–Kier alpha value is 0.177. The second kappa shape index (κ2) is 18.0. The van der Waals surface area contributed by atoms with Crippen LogP contribution in [0.5, 0.6) is 0 Å². The molecule has 0 N–H and O–H groups in total. The Kier molecular flexibility index (Phi) is 18.1. The van der Waals surface area contributed by atoms with Gasteiger partial charge < -0.3 is 4.48 Å². The molecule has 28 heavy (non-hydrogen) atoms. The van der Waals surface area contributed by atoms with Gasteiger partial charge >= 0.3 is 0 Å². The average molecular weight is 413 g/mol. The first-order valence-corrected chi connectivity index (χ1v) is 16.9. The molecule has 0 rings (SSSR count). The second-order valence-electron chi connectivity index (χ2n) is 10.7. The standard InChI is InChI=1S/C26H58NSi/c1-7-10-11-12-13-14-15-16-17-18-19-20-21-22-24-27(8-2,9-3)25-23-26-28(4,5)6/h7-26H2,1-6H3/q+1. The predicted molar refractivity (Wildman–Crippen MR) is 134 cm³/mol. The summed E-state index contributed by atoms with van der Waals surface area (Å²) in [7, 11) is -0.866. The van der Waals surface area contributed by atoms with Gasteiger partial charge in [0.25, 0.3) is 0 Å². The van der Waals surface area contributed by atoms with Crippen molar-refractivity contribution in [1.29, 1.82) is 0 Å². The lowest BCUT2D eigenvalue weighted by Gasteiger charge is -2.37. The van der Waals surface area contributed by atoms with E-state index in [0.29, 0.717) is 0 Å². The summed E-state index contributed by atoms with van der Waals surface area (Å²) in [5, 5.41) is 0. The van der Waals surface area contributed by atoms with Crippen LogP contribution in [0.2, 0.25) is 25.7 Å². The van der Waals surface area contributed by atoms with E-state index < -0.39 is 8.07 Å². The van der Waals surface area contributed by atoms with E-state index >= 15 is 0 Å². The van der Waals surface area contributed by atoms with Gasteiger partial charge in [-0.1, -0.05) is 110 Å². The van der Waals surface area contributed by atoms with Crippen LogP contribution in [0.1, 0.15) is 117 Å². The fraction of sp³-hybridized carbons (Fsp3) is 1.00. The summed E-state index contributed by atoms with van der Waals surface area (Å²) in [6, 6.07) is 1.51. The minimum atomic E-state index is -0.866. The number of unbranched alkanes of at least 4 members (excludes halogenated alkanes) is 13. The first-order valence-electron chi connectivity index (χ1n) is 13.2. The molecular weight excluding hydrogens is 354 g/mol. The fourth-order valence-corrected chi connectivity index (χ4v) is 5.77. The van der Waals surface area contributed by atoms with Crippen molar-refractivity contribution in [3.63, 3.8) is 0 Å². The predicted octanol–water partition coefficient (Wildman–Crippen LogP) is 9.05. The fourth-order valence-electron chi connectivity index (χ4n) is 4.55. The zero-order valence-corrected chi connectivity index (χ0v) is 22.1. The third kappa shape index (κ3) is 17.1. The van der Waals surface area contributed by atoms with Gasteiger partial charge in [-0.15, -0.1) is 0 Å². The van der Waals surface area contributed by atoms with Crippen molar-refractivity contribution in [3.8, 4) is 0 Å². The number of hydrogen-bond acceptors (Lipinski definition) is 0. The number of rotatable bonds is 21. The van der Waals surface area contributed by atoms with Crippen LogP contribution in [0.15, 0.2) is 0 Å². The zero-order chi connectivity index (χ0) is 21.1. The van der Waals surface area contributed by atoms with Gasteiger partial charge in [-0.2, -0.15) is 0 Å². The third-order valence-electron chi connectivity index (χ3n) is 6.89. The Balaban J connectivity index is 3.60. The Bertz CT molecular complexity index is 317. The molecule has 0 aromatic heterocycles. The smallest absolute Gasteiger partial charge is 0.0786 e. The summed E-state index contributed by atoms with van der Waals surface area (Å²) in [4.78, 5) is 0. The molecule has 0 heterocycles. The minimum Gasteiger partial charge on any atom is -0.324 e. The van der Waals surface area contributed by atoms with Crippen molar-refractivity contribution < 1.29 is 4.48 Å². The molecule has 0 atom stereocenters. The maximum absolute atomic E-state index is 2.52.